The summed E-state index contributed by atoms with van der Waals surface area (Å²) >= 11 is 0. The average Bonchev–Trinajstić information content (AvgIpc) is 3.26. The van der Waals surface area contributed by atoms with E-state index in [2.05, 4.69) is 10.2 Å². The predicted octanol–water partition coefficient (Wildman–Crippen LogP) is 4.59. The molecular formula is C20H16F7N5O. The molecule has 176 valence electrons. The van der Waals surface area contributed by atoms with Crippen LogP contribution in [0.25, 0.3) is 5.69 Å². The van der Waals surface area contributed by atoms with Crippen molar-refractivity contribution in [3.8, 4) is 5.69 Å². The van der Waals surface area contributed by atoms with Crippen molar-refractivity contribution in [1.29, 1.82) is 0 Å². The Morgan fingerprint density at radius 3 is 2.36 bits per heavy atom. The highest BCUT2D eigenvalue weighted by Gasteiger charge is 2.42. The molecule has 1 aliphatic rings. The molecule has 0 bridgehead atoms. The van der Waals surface area contributed by atoms with Crippen molar-refractivity contribution in [2.75, 3.05) is 0 Å². The lowest BCUT2D eigenvalue weighted by Crippen LogP contribution is -2.34. The number of hydrogen-bond donors (Lipinski definition) is 0. The van der Waals surface area contributed by atoms with Gasteiger partial charge in [0.1, 0.15) is 5.69 Å². The van der Waals surface area contributed by atoms with E-state index in [0.29, 0.717) is 23.6 Å². The van der Waals surface area contributed by atoms with E-state index in [-0.39, 0.29) is 23.8 Å². The third kappa shape index (κ3) is 4.57. The van der Waals surface area contributed by atoms with E-state index in [0.717, 1.165) is 22.0 Å². The van der Waals surface area contributed by atoms with Crippen molar-refractivity contribution in [2.24, 2.45) is 7.05 Å². The van der Waals surface area contributed by atoms with Gasteiger partial charge in [-0.05, 0) is 25.0 Å². The maximum atomic E-state index is 15.2. The molecule has 1 fully saturated rings. The summed E-state index contributed by atoms with van der Waals surface area (Å²) in [6.07, 6.45) is -6.61. The number of nitrogens with zero attached hydrogens (tertiary/aromatic N) is 5. The van der Waals surface area contributed by atoms with Crippen LogP contribution in [0.4, 0.5) is 30.7 Å². The Hall–Kier alpha value is -3.38. The van der Waals surface area contributed by atoms with Gasteiger partial charge in [0, 0.05) is 37.6 Å². The summed E-state index contributed by atoms with van der Waals surface area (Å²) in [4.78, 5) is 14.1. The Bertz CT molecular complexity index is 1190. The maximum absolute atomic E-state index is 15.2. The molecule has 6 nitrogen and oxygen atoms in total. The highest BCUT2D eigenvalue weighted by atomic mass is 19.4. The van der Waals surface area contributed by atoms with Gasteiger partial charge in [-0.15, -0.1) is 0 Å². The normalized spacial score (nSPS) is 14.5. The second-order valence-electron chi connectivity index (χ2n) is 7.62. The zero-order chi connectivity index (χ0) is 24.1. The highest BCUT2D eigenvalue weighted by molar-refractivity contribution is 5.95. The van der Waals surface area contributed by atoms with Gasteiger partial charge in [0.15, 0.2) is 17.2 Å². The Kier molecular flexibility index (Phi) is 5.45. The Labute approximate surface area is 182 Å². The summed E-state index contributed by atoms with van der Waals surface area (Å²) in [6, 6.07) is 4.18. The molecule has 1 amide bonds. The van der Waals surface area contributed by atoms with Gasteiger partial charge < -0.3 is 4.90 Å². The van der Waals surface area contributed by atoms with E-state index < -0.39 is 41.0 Å². The zero-order valence-electron chi connectivity index (χ0n) is 17.0. The molecule has 2 aromatic heterocycles. The van der Waals surface area contributed by atoms with Gasteiger partial charge in [-0.1, -0.05) is 12.1 Å². The highest BCUT2D eigenvalue weighted by Crippen LogP contribution is 2.35. The lowest BCUT2D eigenvalue weighted by atomic mass is 10.1. The second-order valence-corrected chi connectivity index (χ2v) is 7.62. The molecular weight excluding hydrogens is 459 g/mol. The van der Waals surface area contributed by atoms with Crippen molar-refractivity contribution in [2.45, 2.75) is 37.8 Å². The predicted molar refractivity (Wildman–Crippen MR) is 99.6 cm³/mol. The van der Waals surface area contributed by atoms with Crippen LogP contribution in [-0.2, 0) is 25.9 Å². The monoisotopic (exact) mass is 475 g/mol. The fourth-order valence-corrected chi connectivity index (χ4v) is 3.42. The number of rotatable bonds is 5. The fourth-order valence-electron chi connectivity index (χ4n) is 3.42. The molecule has 1 saturated carbocycles. The fraction of sp³-hybridized carbons (Fsp3) is 0.350. The minimum Gasteiger partial charge on any atom is -0.331 e. The lowest BCUT2D eigenvalue weighted by Gasteiger charge is -2.23. The van der Waals surface area contributed by atoms with Gasteiger partial charge in [-0.3, -0.25) is 9.48 Å². The number of halogens is 7. The van der Waals surface area contributed by atoms with E-state index in [1.165, 1.54) is 25.2 Å². The first-order valence-electron chi connectivity index (χ1n) is 9.68. The molecule has 0 spiro atoms. The Morgan fingerprint density at radius 2 is 1.79 bits per heavy atom. The molecule has 33 heavy (non-hydrogen) atoms. The average molecular weight is 475 g/mol. The lowest BCUT2D eigenvalue weighted by molar-refractivity contribution is -0.142. The number of amides is 1. The Morgan fingerprint density at radius 1 is 1.09 bits per heavy atom. The number of aromatic nitrogens is 4. The maximum Gasteiger partial charge on any atom is 0.435 e. The number of benzene rings is 1. The van der Waals surface area contributed by atoms with Crippen molar-refractivity contribution in [3.63, 3.8) is 0 Å². The standard InChI is InChI=1S/C20H16F7N5O/c1-30-10-13(17(29-30)20(25,26)27)18(33)31(12-5-6-12)9-11-3-2-4-14(16(11)21)32-8-7-15(28-32)19(22,23)24/h2-4,7-8,10,12H,5-6,9H2,1H3. The number of aryl methyl sites for hydroxylation is 1. The molecule has 1 aliphatic carbocycles. The van der Waals surface area contributed by atoms with Crippen molar-refractivity contribution < 1.29 is 35.5 Å². The van der Waals surface area contributed by atoms with Crippen molar-refractivity contribution in [1.82, 2.24) is 24.5 Å². The minimum absolute atomic E-state index is 0.0748. The third-order valence-electron chi connectivity index (χ3n) is 5.10. The first-order chi connectivity index (χ1) is 15.4. The van der Waals surface area contributed by atoms with E-state index in [1.807, 2.05) is 0 Å². The summed E-state index contributed by atoms with van der Waals surface area (Å²) in [7, 11) is 1.25. The van der Waals surface area contributed by atoms with Crippen LogP contribution in [0.2, 0.25) is 0 Å². The Balaban J connectivity index is 1.66. The van der Waals surface area contributed by atoms with Crippen LogP contribution in [0, 0.1) is 5.82 Å². The minimum atomic E-state index is -4.86. The van der Waals surface area contributed by atoms with Gasteiger partial charge >= 0.3 is 12.4 Å². The van der Waals surface area contributed by atoms with E-state index in [1.54, 1.807) is 0 Å². The van der Waals surface area contributed by atoms with Crippen LogP contribution in [-0.4, -0.2) is 36.4 Å². The molecule has 3 aromatic rings. The quantitative estimate of drug-likeness (QED) is 0.508. The summed E-state index contributed by atoms with van der Waals surface area (Å²) in [5.74, 6) is -1.89. The van der Waals surface area contributed by atoms with E-state index >= 15 is 4.39 Å². The van der Waals surface area contributed by atoms with Crippen LogP contribution in [0.5, 0.6) is 0 Å². The van der Waals surface area contributed by atoms with Crippen LogP contribution in [0.3, 0.4) is 0 Å². The summed E-state index contributed by atoms with van der Waals surface area (Å²) in [6.45, 7) is -0.372. The number of hydrogen-bond acceptors (Lipinski definition) is 3. The molecule has 0 atom stereocenters. The van der Waals surface area contributed by atoms with Gasteiger partial charge in [0.05, 0.1) is 5.56 Å². The number of carbonyl (C=O) groups is 1. The molecule has 0 N–H and O–H groups in total. The van der Waals surface area contributed by atoms with Crippen LogP contribution < -0.4 is 0 Å². The second kappa shape index (κ2) is 7.89. The van der Waals surface area contributed by atoms with Crippen molar-refractivity contribution >= 4 is 5.91 Å². The molecule has 0 radical (unpaired) electrons. The molecule has 0 saturated heterocycles. The summed E-state index contributed by atoms with van der Waals surface area (Å²) < 4.78 is 95.2. The van der Waals surface area contributed by atoms with Gasteiger partial charge in [-0.2, -0.15) is 36.5 Å². The molecule has 0 aliphatic heterocycles. The topological polar surface area (TPSA) is 56.0 Å². The molecule has 13 heteroatoms. The first kappa shape index (κ1) is 22.8. The van der Waals surface area contributed by atoms with Crippen molar-refractivity contribution in [3.05, 3.63) is 65.0 Å². The van der Waals surface area contributed by atoms with E-state index in [9.17, 15) is 31.1 Å². The molecule has 4 rings (SSSR count). The first-order valence-corrected chi connectivity index (χ1v) is 9.68. The zero-order valence-corrected chi connectivity index (χ0v) is 17.0. The molecule has 2 heterocycles. The molecule has 0 unspecified atom stereocenters. The third-order valence-corrected chi connectivity index (χ3v) is 5.10. The largest absolute Gasteiger partial charge is 0.435 e. The van der Waals surface area contributed by atoms with Crippen LogP contribution in [0.15, 0.2) is 36.7 Å². The number of alkyl halides is 6. The van der Waals surface area contributed by atoms with Crippen LogP contribution in [0.1, 0.15) is 40.2 Å². The summed E-state index contributed by atoms with van der Waals surface area (Å²) in [5, 5.41) is 6.67. The number of carbonyl (C=O) groups excluding carboxylic acids is 1. The molecule has 1 aromatic carbocycles. The van der Waals surface area contributed by atoms with Gasteiger partial charge in [0.25, 0.3) is 5.91 Å². The van der Waals surface area contributed by atoms with Gasteiger partial charge in [-0.25, -0.2) is 9.07 Å². The van der Waals surface area contributed by atoms with Gasteiger partial charge in [0.2, 0.25) is 0 Å². The summed E-state index contributed by atoms with van der Waals surface area (Å²) in [5.41, 5.74) is -3.57. The van der Waals surface area contributed by atoms with Crippen LogP contribution >= 0.6 is 0 Å². The SMILES string of the molecule is Cn1cc(C(=O)N(Cc2cccc(-n3ccc(C(F)(F)F)n3)c2F)C2CC2)c(C(F)(F)F)n1. The smallest absolute Gasteiger partial charge is 0.331 e. The van der Waals surface area contributed by atoms with E-state index in [4.69, 9.17) is 0 Å².